The molecule has 1 aromatic heterocycles. The van der Waals surface area contributed by atoms with E-state index in [2.05, 4.69) is 15.2 Å². The van der Waals surface area contributed by atoms with E-state index in [9.17, 15) is 4.79 Å². The van der Waals surface area contributed by atoms with Crippen molar-refractivity contribution in [1.29, 1.82) is 0 Å². The fourth-order valence-corrected chi connectivity index (χ4v) is 4.64. The number of hydrogen-bond acceptors (Lipinski definition) is 5. The van der Waals surface area contributed by atoms with E-state index in [1.807, 2.05) is 6.20 Å². The third-order valence-corrected chi connectivity index (χ3v) is 6.28. The van der Waals surface area contributed by atoms with E-state index in [4.69, 9.17) is 9.72 Å². The van der Waals surface area contributed by atoms with Crippen molar-refractivity contribution in [1.82, 2.24) is 20.2 Å². The Bertz CT molecular complexity index is 643. The summed E-state index contributed by atoms with van der Waals surface area (Å²) < 4.78 is 5.44. The summed E-state index contributed by atoms with van der Waals surface area (Å²) in [5.74, 6) is 1.73. The highest BCUT2D eigenvalue weighted by molar-refractivity contribution is 5.79. The first-order valence-electron chi connectivity index (χ1n) is 10.1. The molecule has 2 fully saturated rings. The molecule has 142 valence electrons. The summed E-state index contributed by atoms with van der Waals surface area (Å²) in [5, 5.41) is 3.36. The number of nitrogens with zero attached hydrogens (tertiary/aromatic N) is 3. The van der Waals surface area contributed by atoms with Gasteiger partial charge in [-0.05, 0) is 38.5 Å². The lowest BCUT2D eigenvalue weighted by molar-refractivity contribution is -0.138. The van der Waals surface area contributed by atoms with Crippen molar-refractivity contribution >= 4 is 5.91 Å². The van der Waals surface area contributed by atoms with Gasteiger partial charge in [-0.15, -0.1) is 0 Å². The van der Waals surface area contributed by atoms with Gasteiger partial charge in [0.2, 0.25) is 5.91 Å². The van der Waals surface area contributed by atoms with E-state index >= 15 is 0 Å². The van der Waals surface area contributed by atoms with Crippen molar-refractivity contribution < 1.29 is 9.53 Å². The molecule has 26 heavy (non-hydrogen) atoms. The minimum atomic E-state index is 0.177. The molecular weight excluding hydrogens is 328 g/mol. The second-order valence-corrected chi connectivity index (χ2v) is 7.96. The van der Waals surface area contributed by atoms with Gasteiger partial charge in [0.1, 0.15) is 5.82 Å². The predicted octanol–water partition coefficient (Wildman–Crippen LogP) is 2.03. The molecule has 1 aromatic rings. The van der Waals surface area contributed by atoms with E-state index in [1.54, 1.807) is 7.11 Å². The third kappa shape index (κ3) is 3.76. The molecule has 0 aromatic carbocycles. The molecule has 3 aliphatic rings. The van der Waals surface area contributed by atoms with E-state index < -0.39 is 0 Å². The Morgan fingerprint density at radius 3 is 2.92 bits per heavy atom. The molecule has 0 bridgehead atoms. The van der Waals surface area contributed by atoms with Gasteiger partial charge in [0.05, 0.1) is 6.10 Å². The zero-order valence-corrected chi connectivity index (χ0v) is 15.7. The molecule has 1 N–H and O–H groups in total. The number of methoxy groups -OCH3 is 1. The SMILES string of the molecule is COC1CCC(C(=O)N2CCCC(c3ncc4c(n3)CCNC4)C2)CC1. The minimum Gasteiger partial charge on any atom is -0.381 e. The fourth-order valence-electron chi connectivity index (χ4n) is 4.64. The highest BCUT2D eigenvalue weighted by atomic mass is 16.5. The summed E-state index contributed by atoms with van der Waals surface area (Å²) in [5.41, 5.74) is 2.41. The molecule has 0 radical (unpaired) electrons. The van der Waals surface area contributed by atoms with Crippen LogP contribution < -0.4 is 5.32 Å². The maximum absolute atomic E-state index is 13.0. The number of hydrogen-bond donors (Lipinski definition) is 1. The molecule has 0 spiro atoms. The largest absolute Gasteiger partial charge is 0.381 e. The molecule has 1 unspecified atom stereocenters. The van der Waals surface area contributed by atoms with Crippen molar-refractivity contribution in [3.63, 3.8) is 0 Å². The number of carbonyl (C=O) groups excluding carboxylic acids is 1. The summed E-state index contributed by atoms with van der Waals surface area (Å²) >= 11 is 0. The summed E-state index contributed by atoms with van der Waals surface area (Å²) in [6.07, 6.45) is 9.36. The number of nitrogens with one attached hydrogen (secondary N) is 1. The lowest BCUT2D eigenvalue weighted by atomic mass is 9.85. The topological polar surface area (TPSA) is 67.3 Å². The number of piperidine rings is 1. The second kappa shape index (κ2) is 8.01. The van der Waals surface area contributed by atoms with Gasteiger partial charge in [-0.1, -0.05) is 0 Å². The minimum absolute atomic E-state index is 0.177. The lowest BCUT2D eigenvalue weighted by Gasteiger charge is -2.36. The van der Waals surface area contributed by atoms with Crippen LogP contribution in [-0.2, 0) is 22.5 Å². The maximum Gasteiger partial charge on any atom is 0.225 e. The van der Waals surface area contributed by atoms with Gasteiger partial charge < -0.3 is 15.0 Å². The van der Waals surface area contributed by atoms with Crippen LogP contribution in [0.3, 0.4) is 0 Å². The number of ether oxygens (including phenoxy) is 1. The van der Waals surface area contributed by atoms with Crippen molar-refractivity contribution in [3.05, 3.63) is 23.3 Å². The molecule has 2 aliphatic heterocycles. The monoisotopic (exact) mass is 358 g/mol. The van der Waals surface area contributed by atoms with Gasteiger partial charge in [-0.2, -0.15) is 0 Å². The molecule has 1 saturated heterocycles. The Morgan fingerprint density at radius 1 is 1.27 bits per heavy atom. The third-order valence-electron chi connectivity index (χ3n) is 6.28. The van der Waals surface area contributed by atoms with Crippen LogP contribution in [0.25, 0.3) is 0 Å². The first-order chi connectivity index (χ1) is 12.7. The molecule has 1 atom stereocenters. The van der Waals surface area contributed by atoms with Crippen LogP contribution >= 0.6 is 0 Å². The number of likely N-dealkylation sites (tertiary alicyclic amines) is 1. The quantitative estimate of drug-likeness (QED) is 0.895. The molecule has 1 aliphatic carbocycles. The lowest BCUT2D eigenvalue weighted by Crippen LogP contribution is -2.44. The number of aromatic nitrogens is 2. The molecular formula is C20H30N4O2. The first-order valence-corrected chi connectivity index (χ1v) is 10.1. The zero-order chi connectivity index (χ0) is 17.9. The van der Waals surface area contributed by atoms with Gasteiger partial charge in [0.25, 0.3) is 0 Å². The van der Waals surface area contributed by atoms with Crippen molar-refractivity contribution in [3.8, 4) is 0 Å². The van der Waals surface area contributed by atoms with Crippen LogP contribution in [0.5, 0.6) is 0 Å². The average molecular weight is 358 g/mol. The van der Waals surface area contributed by atoms with E-state index in [1.165, 1.54) is 11.3 Å². The summed E-state index contributed by atoms with van der Waals surface area (Å²) in [6.45, 7) is 3.52. The molecule has 6 heteroatoms. The smallest absolute Gasteiger partial charge is 0.225 e. The Labute approximate surface area is 155 Å². The van der Waals surface area contributed by atoms with Gasteiger partial charge in [0, 0.05) is 69.0 Å². The van der Waals surface area contributed by atoms with Crippen LogP contribution in [0.1, 0.15) is 61.5 Å². The van der Waals surface area contributed by atoms with Crippen LogP contribution in [0, 0.1) is 5.92 Å². The van der Waals surface area contributed by atoms with Crippen LogP contribution in [-0.4, -0.2) is 53.6 Å². The summed E-state index contributed by atoms with van der Waals surface area (Å²) in [6, 6.07) is 0. The highest BCUT2D eigenvalue weighted by Crippen LogP contribution is 2.31. The Balaban J connectivity index is 1.40. The first kappa shape index (κ1) is 17.9. The van der Waals surface area contributed by atoms with Crippen LogP contribution in [0.2, 0.25) is 0 Å². The summed E-state index contributed by atoms with van der Waals surface area (Å²) in [4.78, 5) is 24.6. The number of amides is 1. The number of rotatable bonds is 3. The van der Waals surface area contributed by atoms with Crippen LogP contribution in [0.4, 0.5) is 0 Å². The van der Waals surface area contributed by atoms with E-state index in [0.29, 0.717) is 12.0 Å². The van der Waals surface area contributed by atoms with Crippen LogP contribution in [0.15, 0.2) is 6.20 Å². The summed E-state index contributed by atoms with van der Waals surface area (Å²) in [7, 11) is 1.77. The fraction of sp³-hybridized carbons (Fsp3) is 0.750. The number of carbonyl (C=O) groups is 1. The molecule has 1 saturated carbocycles. The number of fused-ring (bicyclic) bond motifs is 1. The Morgan fingerprint density at radius 2 is 2.12 bits per heavy atom. The van der Waals surface area contributed by atoms with E-state index in [0.717, 1.165) is 76.9 Å². The normalized spacial score (nSPS) is 29.3. The van der Waals surface area contributed by atoms with Crippen molar-refractivity contribution in [2.24, 2.45) is 5.92 Å². The van der Waals surface area contributed by atoms with Gasteiger partial charge in [-0.3, -0.25) is 4.79 Å². The Kier molecular flexibility index (Phi) is 5.50. The maximum atomic E-state index is 13.0. The zero-order valence-electron chi connectivity index (χ0n) is 15.7. The van der Waals surface area contributed by atoms with Crippen molar-refractivity contribution in [2.45, 2.75) is 63.5 Å². The van der Waals surface area contributed by atoms with E-state index in [-0.39, 0.29) is 11.8 Å². The van der Waals surface area contributed by atoms with Crippen molar-refractivity contribution in [2.75, 3.05) is 26.7 Å². The standard InChI is InChI=1S/C20H30N4O2/c1-26-17-6-4-14(5-7-17)20(25)24-10-2-3-15(13-24)19-22-12-16-11-21-9-8-18(16)23-19/h12,14-15,17,21H,2-11,13H2,1H3. The predicted molar refractivity (Wildman–Crippen MR) is 98.8 cm³/mol. The molecule has 6 nitrogen and oxygen atoms in total. The molecule has 4 rings (SSSR count). The Hall–Kier alpha value is -1.53. The molecule has 1 amide bonds. The average Bonchev–Trinajstić information content (AvgIpc) is 2.73. The molecule has 3 heterocycles. The van der Waals surface area contributed by atoms with Gasteiger partial charge in [-0.25, -0.2) is 9.97 Å². The van der Waals surface area contributed by atoms with Gasteiger partial charge >= 0.3 is 0 Å². The second-order valence-electron chi connectivity index (χ2n) is 7.96. The highest BCUT2D eigenvalue weighted by Gasteiger charge is 2.33. The van der Waals surface area contributed by atoms with Gasteiger partial charge in [0.15, 0.2) is 0 Å².